The number of pyridine rings is 1. The van der Waals surface area contributed by atoms with Crippen LogP contribution in [0.15, 0.2) is 30.3 Å². The molecule has 4 aromatic rings. The lowest BCUT2D eigenvalue weighted by Crippen LogP contribution is -2.06. The molecule has 0 bridgehead atoms. The van der Waals surface area contributed by atoms with Crippen LogP contribution in [0.4, 0.5) is 5.82 Å². The molecule has 0 saturated carbocycles. The molecule has 0 fully saturated rings. The first-order valence-corrected chi connectivity index (χ1v) is 10.2. The van der Waals surface area contributed by atoms with Gasteiger partial charge in [-0.15, -0.1) is 11.3 Å². The van der Waals surface area contributed by atoms with E-state index in [1.807, 2.05) is 0 Å². The lowest BCUT2D eigenvalue weighted by atomic mass is 10.1. The third-order valence-corrected chi connectivity index (χ3v) is 5.98. The summed E-state index contributed by atoms with van der Waals surface area (Å²) in [5.74, 6) is 1.60. The van der Waals surface area contributed by atoms with Crippen molar-refractivity contribution in [3.8, 4) is 0 Å². The molecule has 0 unspecified atom stereocenters. The average Bonchev–Trinajstić information content (AvgIpc) is 3.21. The Morgan fingerprint density at radius 3 is 2.56 bits per heavy atom. The predicted octanol–water partition coefficient (Wildman–Crippen LogP) is 4.39. The van der Waals surface area contributed by atoms with Crippen molar-refractivity contribution in [2.45, 2.75) is 46.2 Å². The molecule has 140 valence electrons. The standard InChI is InChI=1S/C21H25N5S/c1-3-4-5-17-25-18-19(20-16(24-21(18)23)10-13(2)27-20)26(17)12-15-8-6-14(11-22)7-9-15/h6-10H,3-5,11-12,22H2,1-2H3,(H2,23,24). The number of imidazole rings is 1. The Kier molecular flexibility index (Phi) is 4.85. The van der Waals surface area contributed by atoms with Gasteiger partial charge in [0, 0.05) is 24.4 Å². The molecule has 4 rings (SSSR count). The van der Waals surface area contributed by atoms with E-state index in [4.69, 9.17) is 16.5 Å². The number of thiophene rings is 1. The van der Waals surface area contributed by atoms with E-state index in [0.29, 0.717) is 12.4 Å². The number of anilines is 1. The van der Waals surface area contributed by atoms with Crippen LogP contribution in [0.5, 0.6) is 0 Å². The third-order valence-electron chi connectivity index (χ3n) is 4.93. The second-order valence-corrected chi connectivity index (χ2v) is 8.26. The van der Waals surface area contributed by atoms with Gasteiger partial charge in [-0.05, 0) is 30.5 Å². The molecule has 0 atom stereocenters. The molecule has 1 aromatic carbocycles. The number of hydrogen-bond donors (Lipinski definition) is 2. The minimum Gasteiger partial charge on any atom is -0.382 e. The van der Waals surface area contributed by atoms with E-state index in [0.717, 1.165) is 53.7 Å². The molecule has 27 heavy (non-hydrogen) atoms. The van der Waals surface area contributed by atoms with Gasteiger partial charge in [0.2, 0.25) is 0 Å². The van der Waals surface area contributed by atoms with Crippen LogP contribution < -0.4 is 11.5 Å². The number of nitrogen functional groups attached to an aromatic ring is 1. The Balaban J connectivity index is 1.90. The summed E-state index contributed by atoms with van der Waals surface area (Å²) in [7, 11) is 0. The van der Waals surface area contributed by atoms with E-state index in [9.17, 15) is 0 Å². The summed E-state index contributed by atoms with van der Waals surface area (Å²) < 4.78 is 3.50. The van der Waals surface area contributed by atoms with Crippen molar-refractivity contribution < 1.29 is 0 Å². The molecule has 6 heteroatoms. The number of unbranched alkanes of at least 4 members (excludes halogenated alkanes) is 1. The van der Waals surface area contributed by atoms with Crippen LogP contribution in [0.2, 0.25) is 0 Å². The van der Waals surface area contributed by atoms with E-state index in [1.54, 1.807) is 11.3 Å². The molecular formula is C21H25N5S. The lowest BCUT2D eigenvalue weighted by molar-refractivity contribution is 0.690. The Morgan fingerprint density at radius 1 is 1.11 bits per heavy atom. The number of nitrogens with zero attached hydrogens (tertiary/aromatic N) is 3. The summed E-state index contributed by atoms with van der Waals surface area (Å²) >= 11 is 1.76. The molecule has 5 nitrogen and oxygen atoms in total. The van der Waals surface area contributed by atoms with E-state index < -0.39 is 0 Å². The zero-order chi connectivity index (χ0) is 19.0. The van der Waals surface area contributed by atoms with Crippen molar-refractivity contribution in [2.75, 3.05) is 5.73 Å². The predicted molar refractivity (Wildman–Crippen MR) is 114 cm³/mol. The van der Waals surface area contributed by atoms with Crippen LogP contribution in [-0.4, -0.2) is 14.5 Å². The summed E-state index contributed by atoms with van der Waals surface area (Å²) in [6.07, 6.45) is 3.18. The Bertz CT molecular complexity index is 1090. The van der Waals surface area contributed by atoms with Gasteiger partial charge in [-0.3, -0.25) is 0 Å². The maximum Gasteiger partial charge on any atom is 0.152 e. The fourth-order valence-electron chi connectivity index (χ4n) is 3.50. The maximum absolute atomic E-state index is 6.28. The molecule has 3 heterocycles. The molecular weight excluding hydrogens is 354 g/mol. The van der Waals surface area contributed by atoms with Gasteiger partial charge in [-0.25, -0.2) is 9.97 Å². The highest BCUT2D eigenvalue weighted by Gasteiger charge is 2.18. The molecule has 0 amide bonds. The fourth-order valence-corrected chi connectivity index (χ4v) is 4.51. The van der Waals surface area contributed by atoms with Crippen LogP contribution >= 0.6 is 11.3 Å². The number of fused-ring (bicyclic) bond motifs is 3. The molecule has 0 radical (unpaired) electrons. The molecule has 0 saturated heterocycles. The first-order valence-electron chi connectivity index (χ1n) is 9.43. The number of hydrogen-bond acceptors (Lipinski definition) is 5. The first-order chi connectivity index (χ1) is 13.1. The van der Waals surface area contributed by atoms with E-state index >= 15 is 0 Å². The van der Waals surface area contributed by atoms with Crippen LogP contribution in [0.25, 0.3) is 21.3 Å². The number of nitrogens with two attached hydrogens (primary N) is 2. The minimum absolute atomic E-state index is 0.519. The van der Waals surface area contributed by atoms with Gasteiger partial charge >= 0.3 is 0 Å². The number of rotatable bonds is 6. The maximum atomic E-state index is 6.28. The van der Waals surface area contributed by atoms with Crippen LogP contribution in [0.1, 0.15) is 41.6 Å². The van der Waals surface area contributed by atoms with Gasteiger partial charge in [0.05, 0.1) is 15.7 Å². The summed E-state index contributed by atoms with van der Waals surface area (Å²) in [6, 6.07) is 10.6. The summed E-state index contributed by atoms with van der Waals surface area (Å²) in [5.41, 5.74) is 17.3. The second-order valence-electron chi connectivity index (χ2n) is 7.00. The van der Waals surface area contributed by atoms with Crippen LogP contribution in [0, 0.1) is 6.92 Å². The number of aromatic nitrogens is 3. The largest absolute Gasteiger partial charge is 0.382 e. The normalized spacial score (nSPS) is 11.7. The Labute approximate surface area is 163 Å². The van der Waals surface area contributed by atoms with Gasteiger partial charge in [0.15, 0.2) is 5.82 Å². The van der Waals surface area contributed by atoms with E-state index in [-0.39, 0.29) is 0 Å². The quantitative estimate of drug-likeness (QED) is 0.520. The van der Waals surface area contributed by atoms with Gasteiger partial charge in [-0.2, -0.15) is 0 Å². The molecule has 0 spiro atoms. The van der Waals surface area contributed by atoms with Crippen LogP contribution in [-0.2, 0) is 19.5 Å². The molecule has 0 aliphatic heterocycles. The highest BCUT2D eigenvalue weighted by molar-refractivity contribution is 7.19. The Morgan fingerprint density at radius 2 is 1.85 bits per heavy atom. The first kappa shape index (κ1) is 17.9. The molecule has 3 aromatic heterocycles. The smallest absolute Gasteiger partial charge is 0.152 e. The van der Waals surface area contributed by atoms with Gasteiger partial charge in [0.25, 0.3) is 0 Å². The zero-order valence-corrected chi connectivity index (χ0v) is 16.6. The summed E-state index contributed by atoms with van der Waals surface area (Å²) in [5, 5.41) is 0. The van der Waals surface area contributed by atoms with Crippen molar-refractivity contribution in [2.24, 2.45) is 5.73 Å². The van der Waals surface area contributed by atoms with Crippen molar-refractivity contribution in [3.63, 3.8) is 0 Å². The third kappa shape index (κ3) is 3.31. The SMILES string of the molecule is CCCCc1nc2c(N)nc3cc(C)sc3c2n1Cc1ccc(CN)cc1. The fraction of sp³-hybridized carbons (Fsp3) is 0.333. The van der Waals surface area contributed by atoms with E-state index in [2.05, 4.69) is 53.7 Å². The monoisotopic (exact) mass is 379 g/mol. The lowest BCUT2D eigenvalue weighted by Gasteiger charge is -2.10. The van der Waals surface area contributed by atoms with Crippen LogP contribution in [0.3, 0.4) is 0 Å². The van der Waals surface area contributed by atoms with E-state index in [1.165, 1.54) is 15.1 Å². The highest BCUT2D eigenvalue weighted by atomic mass is 32.1. The van der Waals surface area contributed by atoms with Crippen molar-refractivity contribution in [1.29, 1.82) is 0 Å². The summed E-state index contributed by atoms with van der Waals surface area (Å²) in [6.45, 7) is 5.65. The van der Waals surface area contributed by atoms with Gasteiger partial charge in [-0.1, -0.05) is 37.6 Å². The Hall–Kier alpha value is -2.44. The van der Waals surface area contributed by atoms with Gasteiger partial charge < -0.3 is 16.0 Å². The zero-order valence-electron chi connectivity index (χ0n) is 15.8. The number of aryl methyl sites for hydroxylation is 2. The van der Waals surface area contributed by atoms with Crippen molar-refractivity contribution >= 4 is 38.4 Å². The average molecular weight is 380 g/mol. The second kappa shape index (κ2) is 7.29. The van der Waals surface area contributed by atoms with Crippen molar-refractivity contribution in [1.82, 2.24) is 14.5 Å². The summed E-state index contributed by atoms with van der Waals surface area (Å²) in [4.78, 5) is 10.7. The van der Waals surface area contributed by atoms with Gasteiger partial charge in [0.1, 0.15) is 11.3 Å². The molecule has 0 aliphatic carbocycles. The molecule has 0 aliphatic rings. The minimum atomic E-state index is 0.519. The number of benzene rings is 1. The topological polar surface area (TPSA) is 82.8 Å². The van der Waals surface area contributed by atoms with Crippen molar-refractivity contribution in [3.05, 3.63) is 52.2 Å². The highest BCUT2D eigenvalue weighted by Crippen LogP contribution is 2.35. The molecule has 4 N–H and O–H groups in total.